The molecule has 1 aromatic heterocycles. The van der Waals surface area contributed by atoms with Crippen molar-refractivity contribution in [1.82, 2.24) is 20.1 Å². The van der Waals surface area contributed by atoms with Crippen LogP contribution in [-0.2, 0) is 29.1 Å². The van der Waals surface area contributed by atoms with E-state index >= 15 is 0 Å². The van der Waals surface area contributed by atoms with Crippen LogP contribution in [0.4, 0.5) is 5.69 Å². The summed E-state index contributed by atoms with van der Waals surface area (Å²) in [5.74, 6) is 0.432. The summed E-state index contributed by atoms with van der Waals surface area (Å²) in [6, 6.07) is 6.96. The number of amides is 1. The molecular weight excluding hydrogens is 310 g/mol. The molecule has 0 fully saturated rings. The number of benzene rings is 1. The molecule has 8 nitrogen and oxygen atoms in total. The molecule has 1 unspecified atom stereocenters. The van der Waals surface area contributed by atoms with Gasteiger partial charge in [0, 0.05) is 25.6 Å². The molecule has 1 amide bonds. The fourth-order valence-electron chi connectivity index (χ4n) is 2.87. The number of carboxylic acids is 1. The van der Waals surface area contributed by atoms with Gasteiger partial charge in [0.15, 0.2) is 0 Å². The van der Waals surface area contributed by atoms with Gasteiger partial charge >= 0.3 is 5.97 Å². The highest BCUT2D eigenvalue weighted by Gasteiger charge is 2.31. The fourth-order valence-corrected chi connectivity index (χ4v) is 2.87. The topological polar surface area (TPSA) is 109 Å². The first-order valence-corrected chi connectivity index (χ1v) is 7.77. The van der Waals surface area contributed by atoms with Crippen LogP contribution in [0.25, 0.3) is 0 Å². The zero-order chi connectivity index (χ0) is 17.1. The van der Waals surface area contributed by atoms with E-state index in [9.17, 15) is 14.7 Å². The molecular formula is C16H19N5O3. The molecule has 0 radical (unpaired) electrons. The van der Waals surface area contributed by atoms with Crippen LogP contribution in [0.5, 0.6) is 0 Å². The number of fused-ring (bicyclic) bond motifs is 1. The number of carbonyl (C=O) groups is 2. The number of aryl methyl sites for hydroxylation is 1. The molecule has 8 heteroatoms. The third-order valence-corrected chi connectivity index (χ3v) is 3.96. The second kappa shape index (κ2) is 6.79. The molecule has 3 rings (SSSR count). The van der Waals surface area contributed by atoms with Gasteiger partial charge in [-0.1, -0.05) is 12.1 Å². The lowest BCUT2D eigenvalue weighted by Gasteiger charge is -2.11. The van der Waals surface area contributed by atoms with Gasteiger partial charge < -0.3 is 15.7 Å². The zero-order valence-corrected chi connectivity index (χ0v) is 13.3. The minimum absolute atomic E-state index is 0.102. The quantitative estimate of drug-likeness (QED) is 0.732. The Morgan fingerprint density at radius 2 is 2.00 bits per heavy atom. The van der Waals surface area contributed by atoms with Gasteiger partial charge in [0.2, 0.25) is 5.91 Å². The van der Waals surface area contributed by atoms with Crippen molar-refractivity contribution in [2.24, 2.45) is 0 Å². The summed E-state index contributed by atoms with van der Waals surface area (Å²) in [6.45, 7) is 2.53. The van der Waals surface area contributed by atoms with Gasteiger partial charge in [0.1, 0.15) is 17.7 Å². The van der Waals surface area contributed by atoms with Crippen LogP contribution in [0, 0.1) is 0 Å². The highest BCUT2D eigenvalue weighted by molar-refractivity contribution is 5.88. The van der Waals surface area contributed by atoms with Crippen LogP contribution in [-0.4, -0.2) is 31.7 Å². The van der Waals surface area contributed by atoms with Crippen molar-refractivity contribution in [3.63, 3.8) is 0 Å². The Labute approximate surface area is 138 Å². The highest BCUT2D eigenvalue weighted by atomic mass is 16.4. The van der Waals surface area contributed by atoms with Crippen molar-refractivity contribution >= 4 is 17.6 Å². The zero-order valence-electron chi connectivity index (χ0n) is 13.3. The standard InChI is InChI=1S/C16H19N5O3/c1-10(22)18-12-4-2-11(3-5-12)8-17-9-15-20-19-14-7-6-13(16(23)24)21(14)15/h2-5,13,17H,6-9H2,1H3,(H,18,22)(H,23,24). The molecule has 0 spiro atoms. The van der Waals surface area contributed by atoms with E-state index in [2.05, 4.69) is 20.8 Å². The molecule has 2 heterocycles. The number of carboxylic acid groups (broad SMARTS) is 1. The van der Waals surface area contributed by atoms with Crippen LogP contribution in [0.1, 0.15) is 36.6 Å². The molecule has 1 aliphatic rings. The van der Waals surface area contributed by atoms with Crippen LogP contribution in [0.15, 0.2) is 24.3 Å². The molecule has 2 aromatic rings. The number of nitrogens with one attached hydrogen (secondary N) is 2. The molecule has 0 aliphatic carbocycles. The molecule has 1 aliphatic heterocycles. The van der Waals surface area contributed by atoms with E-state index in [4.69, 9.17) is 0 Å². The summed E-state index contributed by atoms with van der Waals surface area (Å²) >= 11 is 0. The maximum Gasteiger partial charge on any atom is 0.326 e. The minimum Gasteiger partial charge on any atom is -0.480 e. The normalized spacial score (nSPS) is 16.0. The summed E-state index contributed by atoms with van der Waals surface area (Å²) < 4.78 is 1.72. The van der Waals surface area contributed by atoms with E-state index < -0.39 is 12.0 Å². The Hall–Kier alpha value is -2.74. The first kappa shape index (κ1) is 16.1. The Kier molecular flexibility index (Phi) is 4.57. The Balaban J connectivity index is 1.58. The van der Waals surface area contributed by atoms with Crippen molar-refractivity contribution in [1.29, 1.82) is 0 Å². The van der Waals surface area contributed by atoms with Gasteiger partial charge in [0.05, 0.1) is 6.54 Å². The van der Waals surface area contributed by atoms with Crippen LogP contribution in [0.3, 0.4) is 0 Å². The Bertz CT molecular complexity index is 754. The van der Waals surface area contributed by atoms with E-state index in [1.807, 2.05) is 24.3 Å². The summed E-state index contributed by atoms with van der Waals surface area (Å²) in [5.41, 5.74) is 1.81. The predicted molar refractivity (Wildman–Crippen MR) is 86.3 cm³/mol. The number of carbonyl (C=O) groups excluding carboxylic acids is 1. The van der Waals surface area contributed by atoms with Gasteiger partial charge in [-0.2, -0.15) is 0 Å². The van der Waals surface area contributed by atoms with Gasteiger partial charge in [-0.05, 0) is 24.1 Å². The highest BCUT2D eigenvalue weighted by Crippen LogP contribution is 2.26. The number of hydrogen-bond acceptors (Lipinski definition) is 5. The summed E-state index contributed by atoms with van der Waals surface area (Å²) in [7, 11) is 0. The second-order valence-corrected chi connectivity index (χ2v) is 5.78. The number of rotatable bonds is 6. The molecule has 1 atom stereocenters. The number of hydrogen-bond donors (Lipinski definition) is 3. The molecule has 3 N–H and O–H groups in total. The second-order valence-electron chi connectivity index (χ2n) is 5.78. The van der Waals surface area contributed by atoms with Crippen LogP contribution in [0.2, 0.25) is 0 Å². The molecule has 0 saturated heterocycles. The first-order valence-electron chi connectivity index (χ1n) is 7.77. The van der Waals surface area contributed by atoms with Gasteiger partial charge in [-0.15, -0.1) is 10.2 Å². The average Bonchev–Trinajstić information content (AvgIpc) is 3.11. The largest absolute Gasteiger partial charge is 0.480 e. The maximum atomic E-state index is 11.3. The molecule has 24 heavy (non-hydrogen) atoms. The van der Waals surface area contributed by atoms with Crippen molar-refractivity contribution in [2.75, 3.05) is 5.32 Å². The SMILES string of the molecule is CC(=O)Nc1ccc(CNCc2nnc3n2C(C(=O)O)CC3)cc1. The van der Waals surface area contributed by atoms with E-state index in [0.717, 1.165) is 17.1 Å². The third-order valence-electron chi connectivity index (χ3n) is 3.96. The van der Waals surface area contributed by atoms with Crippen molar-refractivity contribution in [3.8, 4) is 0 Å². The lowest BCUT2D eigenvalue weighted by molar-refractivity contribution is -0.140. The van der Waals surface area contributed by atoms with Gasteiger partial charge in [-0.3, -0.25) is 9.36 Å². The first-order chi connectivity index (χ1) is 11.5. The molecule has 126 valence electrons. The number of aliphatic carboxylic acids is 1. The number of aromatic nitrogens is 3. The summed E-state index contributed by atoms with van der Waals surface area (Å²) in [5, 5.41) is 23.4. The minimum atomic E-state index is -0.844. The number of anilines is 1. The molecule has 1 aromatic carbocycles. The van der Waals surface area contributed by atoms with Gasteiger partial charge in [0.25, 0.3) is 0 Å². The van der Waals surface area contributed by atoms with Crippen molar-refractivity contribution in [3.05, 3.63) is 41.5 Å². The van der Waals surface area contributed by atoms with Crippen molar-refractivity contribution in [2.45, 2.75) is 38.9 Å². The lowest BCUT2D eigenvalue weighted by Crippen LogP contribution is -2.21. The lowest BCUT2D eigenvalue weighted by atomic mass is 10.2. The third kappa shape index (κ3) is 3.43. The monoisotopic (exact) mass is 329 g/mol. The fraction of sp³-hybridized carbons (Fsp3) is 0.375. The number of nitrogens with zero attached hydrogens (tertiary/aromatic N) is 3. The summed E-state index contributed by atoms with van der Waals surface area (Å²) in [4.78, 5) is 22.3. The molecule has 0 bridgehead atoms. The Morgan fingerprint density at radius 3 is 2.67 bits per heavy atom. The average molecular weight is 329 g/mol. The van der Waals surface area contributed by atoms with Crippen LogP contribution >= 0.6 is 0 Å². The van der Waals surface area contributed by atoms with Crippen molar-refractivity contribution < 1.29 is 14.7 Å². The molecule has 0 saturated carbocycles. The van der Waals surface area contributed by atoms with Crippen LogP contribution < -0.4 is 10.6 Å². The Morgan fingerprint density at radius 1 is 1.25 bits per heavy atom. The smallest absolute Gasteiger partial charge is 0.326 e. The van der Waals surface area contributed by atoms with E-state index in [0.29, 0.717) is 31.8 Å². The van der Waals surface area contributed by atoms with Gasteiger partial charge in [-0.25, -0.2) is 4.79 Å². The summed E-state index contributed by atoms with van der Waals surface area (Å²) in [6.07, 6.45) is 1.21. The van der Waals surface area contributed by atoms with E-state index in [1.54, 1.807) is 4.57 Å². The van der Waals surface area contributed by atoms with E-state index in [1.165, 1.54) is 6.92 Å². The maximum absolute atomic E-state index is 11.3. The predicted octanol–water partition coefficient (Wildman–Crippen LogP) is 1.10. The van der Waals surface area contributed by atoms with E-state index in [-0.39, 0.29) is 5.91 Å².